The van der Waals surface area contributed by atoms with E-state index in [0.717, 1.165) is 19.5 Å². The Hall–Kier alpha value is -0.570. The Morgan fingerprint density at radius 3 is 1.80 bits per heavy atom. The quantitative estimate of drug-likeness (QED) is 0.860. The number of nitrogens with zero attached hydrogens (tertiary/aromatic N) is 1. The summed E-state index contributed by atoms with van der Waals surface area (Å²) in [6.45, 7) is 1.94. The number of hydrogen-bond acceptors (Lipinski definition) is 2. The molecule has 3 rings (SSSR count). The Bertz CT molecular complexity index is 295. The van der Waals surface area contributed by atoms with E-state index < -0.39 is 0 Å². The monoisotopic (exact) mass is 278 g/mol. The molecular weight excluding hydrogens is 248 g/mol. The molecule has 1 N–H and O–H groups in total. The van der Waals surface area contributed by atoms with Crippen molar-refractivity contribution in [2.75, 3.05) is 13.1 Å². The minimum Gasteiger partial charge on any atom is -0.336 e. The number of hydrogen-bond donors (Lipinski definition) is 1. The number of amides is 1. The van der Waals surface area contributed by atoms with Gasteiger partial charge in [-0.15, -0.1) is 0 Å². The SMILES string of the molecule is O=C(C1CCNC1)N(C1CCCCC1)C1CCCCC1. The molecule has 1 heterocycles. The Balaban J connectivity index is 1.72. The summed E-state index contributed by atoms with van der Waals surface area (Å²) in [6.07, 6.45) is 14.1. The summed E-state index contributed by atoms with van der Waals surface area (Å²) in [7, 11) is 0. The van der Waals surface area contributed by atoms with Gasteiger partial charge in [0.1, 0.15) is 0 Å². The molecule has 0 radical (unpaired) electrons. The van der Waals surface area contributed by atoms with Crippen LogP contribution in [0.15, 0.2) is 0 Å². The van der Waals surface area contributed by atoms with Crippen LogP contribution in [-0.4, -0.2) is 36.0 Å². The number of carbonyl (C=O) groups excluding carboxylic acids is 1. The van der Waals surface area contributed by atoms with Gasteiger partial charge in [-0.25, -0.2) is 0 Å². The van der Waals surface area contributed by atoms with Gasteiger partial charge in [-0.05, 0) is 38.6 Å². The topological polar surface area (TPSA) is 32.3 Å². The van der Waals surface area contributed by atoms with Crippen molar-refractivity contribution < 1.29 is 4.79 Å². The van der Waals surface area contributed by atoms with Crippen LogP contribution >= 0.6 is 0 Å². The lowest BCUT2D eigenvalue weighted by atomic mass is 9.87. The fraction of sp³-hybridized carbons (Fsp3) is 0.941. The van der Waals surface area contributed by atoms with Crippen LogP contribution < -0.4 is 5.32 Å². The van der Waals surface area contributed by atoms with Gasteiger partial charge in [0.15, 0.2) is 0 Å². The van der Waals surface area contributed by atoms with Crippen molar-refractivity contribution in [2.45, 2.75) is 82.7 Å². The lowest BCUT2D eigenvalue weighted by Gasteiger charge is -2.43. The van der Waals surface area contributed by atoms with E-state index in [-0.39, 0.29) is 5.92 Å². The largest absolute Gasteiger partial charge is 0.336 e. The molecule has 1 saturated heterocycles. The van der Waals surface area contributed by atoms with E-state index >= 15 is 0 Å². The number of nitrogens with one attached hydrogen (secondary N) is 1. The third kappa shape index (κ3) is 3.19. The van der Waals surface area contributed by atoms with Crippen LogP contribution in [0.3, 0.4) is 0 Å². The molecule has 0 spiro atoms. The smallest absolute Gasteiger partial charge is 0.227 e. The zero-order valence-corrected chi connectivity index (χ0v) is 12.8. The molecular formula is C17H30N2O. The summed E-state index contributed by atoms with van der Waals surface area (Å²) in [6, 6.07) is 1.11. The molecule has 20 heavy (non-hydrogen) atoms. The highest BCUT2D eigenvalue weighted by Crippen LogP contribution is 2.32. The van der Waals surface area contributed by atoms with Gasteiger partial charge in [0.05, 0.1) is 5.92 Å². The Kier molecular flexibility index (Phi) is 4.98. The van der Waals surface area contributed by atoms with Crippen molar-refractivity contribution >= 4 is 5.91 Å². The van der Waals surface area contributed by atoms with Crippen molar-refractivity contribution in [3.8, 4) is 0 Å². The van der Waals surface area contributed by atoms with Gasteiger partial charge >= 0.3 is 0 Å². The van der Waals surface area contributed by atoms with Crippen LogP contribution in [0.4, 0.5) is 0 Å². The molecule has 1 unspecified atom stereocenters. The van der Waals surface area contributed by atoms with Crippen molar-refractivity contribution in [1.82, 2.24) is 10.2 Å². The maximum Gasteiger partial charge on any atom is 0.227 e. The molecule has 2 saturated carbocycles. The molecule has 0 aromatic rings. The van der Waals surface area contributed by atoms with Crippen molar-refractivity contribution in [1.29, 1.82) is 0 Å². The second-order valence-corrected chi connectivity index (χ2v) is 7.02. The summed E-state index contributed by atoms with van der Waals surface area (Å²) >= 11 is 0. The first-order valence-corrected chi connectivity index (χ1v) is 8.89. The average molecular weight is 278 g/mol. The van der Waals surface area contributed by atoms with E-state index in [2.05, 4.69) is 10.2 Å². The van der Waals surface area contributed by atoms with Crippen LogP contribution in [0, 0.1) is 5.92 Å². The van der Waals surface area contributed by atoms with Gasteiger partial charge in [-0.2, -0.15) is 0 Å². The predicted molar refractivity (Wildman–Crippen MR) is 81.6 cm³/mol. The molecule has 1 atom stereocenters. The van der Waals surface area contributed by atoms with Crippen molar-refractivity contribution in [3.63, 3.8) is 0 Å². The van der Waals surface area contributed by atoms with Crippen LogP contribution in [0.1, 0.15) is 70.6 Å². The van der Waals surface area contributed by atoms with Gasteiger partial charge < -0.3 is 10.2 Å². The van der Waals surface area contributed by atoms with Gasteiger partial charge in [0, 0.05) is 18.6 Å². The summed E-state index contributed by atoms with van der Waals surface area (Å²) in [4.78, 5) is 15.4. The summed E-state index contributed by atoms with van der Waals surface area (Å²) in [5.74, 6) is 0.743. The fourth-order valence-corrected chi connectivity index (χ4v) is 4.45. The van der Waals surface area contributed by atoms with Crippen LogP contribution in [0.25, 0.3) is 0 Å². The molecule has 3 heteroatoms. The van der Waals surface area contributed by atoms with Crippen LogP contribution in [0.2, 0.25) is 0 Å². The van der Waals surface area contributed by atoms with Crippen LogP contribution in [0.5, 0.6) is 0 Å². The highest BCUT2D eigenvalue weighted by molar-refractivity contribution is 5.80. The zero-order valence-electron chi connectivity index (χ0n) is 12.8. The Morgan fingerprint density at radius 2 is 1.35 bits per heavy atom. The number of rotatable bonds is 3. The highest BCUT2D eigenvalue weighted by Gasteiger charge is 2.36. The second-order valence-electron chi connectivity index (χ2n) is 7.02. The second kappa shape index (κ2) is 6.93. The van der Waals surface area contributed by atoms with E-state index in [4.69, 9.17) is 0 Å². The lowest BCUT2D eigenvalue weighted by Crippen LogP contribution is -2.51. The highest BCUT2D eigenvalue weighted by atomic mass is 16.2. The van der Waals surface area contributed by atoms with E-state index in [1.165, 1.54) is 64.2 Å². The lowest BCUT2D eigenvalue weighted by molar-refractivity contribution is -0.141. The Labute approximate surface area is 123 Å². The maximum absolute atomic E-state index is 13.0. The summed E-state index contributed by atoms with van der Waals surface area (Å²) < 4.78 is 0. The number of carbonyl (C=O) groups is 1. The third-order valence-corrected chi connectivity index (χ3v) is 5.60. The zero-order chi connectivity index (χ0) is 13.8. The first kappa shape index (κ1) is 14.4. The predicted octanol–water partition coefficient (Wildman–Crippen LogP) is 3.09. The molecule has 0 bridgehead atoms. The molecule has 114 valence electrons. The molecule has 0 aromatic heterocycles. The van der Waals surface area contributed by atoms with Crippen molar-refractivity contribution in [2.24, 2.45) is 5.92 Å². The maximum atomic E-state index is 13.0. The molecule has 1 amide bonds. The standard InChI is InChI=1S/C17H30N2O/c20-17(14-11-12-18-13-14)19(15-7-3-1-4-8-15)16-9-5-2-6-10-16/h14-16,18H,1-13H2. The van der Waals surface area contributed by atoms with Crippen molar-refractivity contribution in [3.05, 3.63) is 0 Å². The van der Waals surface area contributed by atoms with E-state index in [0.29, 0.717) is 18.0 Å². The summed E-state index contributed by atoms with van der Waals surface area (Å²) in [5, 5.41) is 3.37. The van der Waals surface area contributed by atoms with E-state index in [1.807, 2.05) is 0 Å². The van der Waals surface area contributed by atoms with Gasteiger partial charge in [-0.3, -0.25) is 4.79 Å². The fourth-order valence-electron chi connectivity index (χ4n) is 4.45. The first-order chi connectivity index (χ1) is 9.86. The first-order valence-electron chi connectivity index (χ1n) is 8.89. The minimum absolute atomic E-state index is 0.263. The van der Waals surface area contributed by atoms with E-state index in [9.17, 15) is 4.79 Å². The Morgan fingerprint density at radius 1 is 0.800 bits per heavy atom. The normalized spacial score (nSPS) is 29.5. The molecule has 3 nitrogen and oxygen atoms in total. The van der Waals surface area contributed by atoms with Gasteiger partial charge in [-0.1, -0.05) is 38.5 Å². The molecule has 3 aliphatic rings. The average Bonchev–Trinajstić information content (AvgIpc) is 3.04. The van der Waals surface area contributed by atoms with E-state index in [1.54, 1.807) is 0 Å². The minimum atomic E-state index is 0.263. The molecule has 2 aliphatic carbocycles. The third-order valence-electron chi connectivity index (χ3n) is 5.60. The summed E-state index contributed by atoms with van der Waals surface area (Å²) in [5.41, 5.74) is 0. The van der Waals surface area contributed by atoms with Gasteiger partial charge in [0.2, 0.25) is 5.91 Å². The van der Waals surface area contributed by atoms with Gasteiger partial charge in [0.25, 0.3) is 0 Å². The van der Waals surface area contributed by atoms with Crippen LogP contribution in [-0.2, 0) is 4.79 Å². The molecule has 3 fully saturated rings. The molecule has 1 aliphatic heterocycles. The molecule has 0 aromatic carbocycles.